The molecule has 0 aromatic heterocycles. The van der Waals surface area contributed by atoms with Gasteiger partial charge in [0, 0.05) is 0 Å². The zero-order chi connectivity index (χ0) is 5.41. The molecule has 0 aromatic rings. The molecule has 0 nitrogen and oxygen atoms in total. The Morgan fingerprint density at radius 2 is 0.667 bits per heavy atom. The molecule has 0 fully saturated rings. The van der Waals surface area contributed by atoms with Gasteiger partial charge >= 0.3 is 0 Å². The van der Waals surface area contributed by atoms with Gasteiger partial charge in [-0.2, -0.15) is 0 Å². The van der Waals surface area contributed by atoms with Crippen LogP contribution in [0.15, 0.2) is 24.8 Å². The molecule has 0 saturated heterocycles. The molecule has 0 saturated carbocycles. The molecule has 0 amide bonds. The number of hydrogen-bond acceptors (Lipinski definition) is 0. The molecular weight excluding hydrogens is 266 g/mol. The largest absolute Gasteiger partial charge is 0.269 e. The van der Waals surface area contributed by atoms with Crippen molar-refractivity contribution in [2.24, 2.45) is 0 Å². The van der Waals surface area contributed by atoms with Crippen molar-refractivity contribution in [2.75, 3.05) is 0 Å². The van der Waals surface area contributed by atoms with Gasteiger partial charge < -0.3 is 0 Å². The lowest BCUT2D eigenvalue weighted by Gasteiger charge is -1.31. The lowest BCUT2D eigenvalue weighted by molar-refractivity contribution is 1.11. The van der Waals surface area contributed by atoms with Crippen molar-refractivity contribution < 1.29 is 42.3 Å². The molecule has 0 aliphatic rings. The van der Waals surface area contributed by atoms with Crippen molar-refractivity contribution in [1.82, 2.24) is 0 Å². The number of hydrogen-bond donors (Lipinski definition) is 0. The fourth-order valence-corrected chi connectivity index (χ4v) is 0. The molecule has 0 aliphatic carbocycles. The molecule has 0 atom stereocenters. The van der Waals surface area contributed by atoms with Crippen LogP contribution in [-0.4, -0.2) is 0 Å². The lowest BCUT2D eigenvalue weighted by Crippen LogP contribution is -1.07. The molecule has 0 N–H and O–H groups in total. The Bertz CT molecular complexity index is 39.5. The monoisotopic (exact) mass is 284 g/mol. The van der Waals surface area contributed by atoms with Crippen molar-refractivity contribution in [3.05, 3.63) is 24.8 Å². The van der Waals surface area contributed by atoms with Gasteiger partial charge in [0.05, 0.1) is 0 Å². The van der Waals surface area contributed by atoms with Crippen LogP contribution in [0.5, 0.6) is 0 Å². The van der Waals surface area contributed by atoms with Crippen LogP contribution in [0, 0.1) is 0 Å². The highest BCUT2D eigenvalue weighted by Crippen LogP contribution is 1.60. The molecule has 0 aromatic carbocycles. The highest BCUT2D eigenvalue weighted by molar-refractivity contribution is 6.25. The van der Waals surface area contributed by atoms with Crippen LogP contribution in [0.1, 0.15) is 6.92 Å². The Hall–Kier alpha value is -0.860. The van der Waals surface area contributed by atoms with Gasteiger partial charge in [-0.25, -0.2) is 0 Å². The summed E-state index contributed by atoms with van der Waals surface area (Å²) in [5.74, 6) is 0. The van der Waals surface area contributed by atoms with Gasteiger partial charge in [-0.15, -0.1) is 6.58 Å². The summed E-state index contributed by atoms with van der Waals surface area (Å²) in [6.45, 7) is 8.38. The summed E-state index contributed by atoms with van der Waals surface area (Å²) in [7, 11) is 0. The Kier molecular flexibility index (Phi) is 24600. The van der Waals surface area contributed by atoms with Crippen LogP contribution in [0.25, 0.3) is 0 Å². The standard InChI is InChI=1S/C3H6.C2H3Cl.9FH/c1-3-2;1-2-3;;;;;;;;;/h3H,1H2,2H3;2H,1H2;9*1H. The smallest absolute Gasteiger partial charge is 0.00296 e. The molecule has 0 unspecified atom stereocenters. The first-order valence-corrected chi connectivity index (χ1v) is 2.05. The molecule has 108 valence electrons. The van der Waals surface area contributed by atoms with Crippen LogP contribution in [0.4, 0.5) is 42.3 Å². The highest BCUT2D eigenvalue weighted by Gasteiger charge is 1.18. The quantitative estimate of drug-likeness (QED) is 0.467. The maximum atomic E-state index is 4.76. The normalized spacial score (nSPS) is 1.73. The molecule has 10 heteroatoms. The van der Waals surface area contributed by atoms with E-state index < -0.39 is 0 Å². The fourth-order valence-electron chi connectivity index (χ4n) is 0. The van der Waals surface area contributed by atoms with Crippen molar-refractivity contribution in [1.29, 1.82) is 0 Å². The summed E-state index contributed by atoms with van der Waals surface area (Å²) in [6.07, 6.45) is 1.75. The number of allylic oxidation sites excluding steroid dienone is 1. The second-order valence-corrected chi connectivity index (χ2v) is 0.871. The second-order valence-electron chi connectivity index (χ2n) is 0.563. The van der Waals surface area contributed by atoms with Crippen LogP contribution in [0.3, 0.4) is 0 Å². The first-order valence-electron chi connectivity index (χ1n) is 1.61. The van der Waals surface area contributed by atoms with Gasteiger partial charge in [-0.1, -0.05) is 24.3 Å². The summed E-state index contributed by atoms with van der Waals surface area (Å²) in [4.78, 5) is 0. The zero-order valence-electron chi connectivity index (χ0n) is 7.62. The van der Waals surface area contributed by atoms with E-state index in [0.717, 1.165) is 0 Å². The van der Waals surface area contributed by atoms with Gasteiger partial charge in [0.1, 0.15) is 0 Å². The first-order chi connectivity index (χ1) is 2.83. The van der Waals surface area contributed by atoms with Crippen LogP contribution < -0.4 is 0 Å². The third-order valence-electron chi connectivity index (χ3n) is 0. The van der Waals surface area contributed by atoms with Gasteiger partial charge in [-0.3, -0.25) is 42.3 Å². The average Bonchev–Trinajstić information content (AvgIpc) is 1.39. The van der Waals surface area contributed by atoms with Crippen molar-refractivity contribution >= 4 is 11.6 Å². The topological polar surface area (TPSA) is 0 Å². The van der Waals surface area contributed by atoms with E-state index in [2.05, 4.69) is 13.2 Å². The van der Waals surface area contributed by atoms with Crippen molar-refractivity contribution in [3.63, 3.8) is 0 Å². The van der Waals surface area contributed by atoms with Crippen LogP contribution >= 0.6 is 11.6 Å². The van der Waals surface area contributed by atoms with E-state index in [1.165, 1.54) is 5.54 Å². The van der Waals surface area contributed by atoms with Crippen molar-refractivity contribution in [3.8, 4) is 0 Å². The third kappa shape index (κ3) is 2200. The average molecular weight is 285 g/mol. The Morgan fingerprint density at radius 1 is 0.667 bits per heavy atom. The van der Waals surface area contributed by atoms with Gasteiger partial charge in [0.25, 0.3) is 0 Å². The molecular formula is C5H18ClF9. The zero-order valence-corrected chi connectivity index (χ0v) is 8.38. The number of rotatable bonds is 0. The molecule has 0 heterocycles. The fraction of sp³-hybridized carbons (Fsp3) is 0.200. The third-order valence-corrected chi connectivity index (χ3v) is 0. The molecule has 0 radical (unpaired) electrons. The Balaban J connectivity index is -0.00000000148. The first kappa shape index (κ1) is 248. The van der Waals surface area contributed by atoms with Crippen molar-refractivity contribution in [2.45, 2.75) is 6.92 Å². The lowest BCUT2D eigenvalue weighted by atomic mass is 10.8. The maximum absolute atomic E-state index is 4.76. The summed E-state index contributed by atoms with van der Waals surface area (Å²) < 4.78 is 0. The summed E-state index contributed by atoms with van der Waals surface area (Å²) in [5.41, 5.74) is 1.22. The predicted molar refractivity (Wildman–Crippen MR) is 54.4 cm³/mol. The highest BCUT2D eigenvalue weighted by atomic mass is 35.5. The minimum atomic E-state index is 0. The molecule has 0 spiro atoms. The van der Waals surface area contributed by atoms with E-state index in [9.17, 15) is 0 Å². The summed E-state index contributed by atoms with van der Waals surface area (Å²) in [6, 6.07) is 0. The molecule has 0 aliphatic heterocycles. The minimum Gasteiger partial charge on any atom is -0.269 e. The summed E-state index contributed by atoms with van der Waals surface area (Å²) in [5, 5.41) is 0. The minimum absolute atomic E-state index is 0. The van der Waals surface area contributed by atoms with Crippen LogP contribution in [-0.2, 0) is 0 Å². The van der Waals surface area contributed by atoms with E-state index in [4.69, 9.17) is 11.6 Å². The van der Waals surface area contributed by atoms with E-state index in [-0.39, 0.29) is 42.3 Å². The second kappa shape index (κ2) is 1490. The van der Waals surface area contributed by atoms with E-state index >= 15 is 0 Å². The van der Waals surface area contributed by atoms with E-state index in [1.54, 1.807) is 6.08 Å². The Morgan fingerprint density at radius 3 is 0.667 bits per heavy atom. The van der Waals surface area contributed by atoms with E-state index in [0.29, 0.717) is 0 Å². The SMILES string of the molecule is C=CC.C=CCl.F.F.F.F.F.F.F.F.F. The molecule has 0 bridgehead atoms. The number of halogens is 10. The Labute approximate surface area is 86.7 Å². The molecule has 15 heavy (non-hydrogen) atoms. The van der Waals surface area contributed by atoms with E-state index in [1.807, 2.05) is 6.92 Å². The van der Waals surface area contributed by atoms with Gasteiger partial charge in [-0.05, 0) is 12.5 Å². The summed E-state index contributed by atoms with van der Waals surface area (Å²) >= 11 is 4.76. The van der Waals surface area contributed by atoms with Gasteiger partial charge in [0.15, 0.2) is 0 Å². The maximum Gasteiger partial charge on any atom is -0.00296 e. The predicted octanol–water partition coefficient (Wildman–Crippen LogP) is 3.93. The van der Waals surface area contributed by atoms with Gasteiger partial charge in [0.2, 0.25) is 0 Å². The molecule has 0 rings (SSSR count). The van der Waals surface area contributed by atoms with Crippen LogP contribution in [0.2, 0.25) is 0 Å².